The van der Waals surface area contributed by atoms with Gasteiger partial charge in [-0.1, -0.05) is 12.1 Å². The number of aliphatic hydroxyl groups excluding tert-OH is 2. The summed E-state index contributed by atoms with van der Waals surface area (Å²) < 4.78 is 6.01. The largest absolute Gasteiger partial charge is 0.508 e. The molecule has 0 saturated carbocycles. The molecule has 0 saturated heterocycles. The highest BCUT2D eigenvalue weighted by molar-refractivity contribution is 7.80. The number of aliphatic hydroxyl groups is 2. The fraction of sp³-hybridized carbons (Fsp3) is 0.425. The first kappa shape index (κ1) is 43.9. The van der Waals surface area contributed by atoms with Gasteiger partial charge in [-0.05, 0) is 108 Å². The average molecular weight is 808 g/mol. The number of carbonyl (C=O) groups is 6. The van der Waals surface area contributed by atoms with Crippen LogP contribution in [0.15, 0.2) is 71.7 Å². The minimum atomic E-state index is -1.74. The van der Waals surface area contributed by atoms with E-state index in [9.17, 15) is 44.1 Å². The Morgan fingerprint density at radius 3 is 2.18 bits per heavy atom. The van der Waals surface area contributed by atoms with Gasteiger partial charge >= 0.3 is 11.9 Å². The lowest BCUT2D eigenvalue weighted by Gasteiger charge is -2.50. The van der Waals surface area contributed by atoms with E-state index >= 15 is 0 Å². The minimum Gasteiger partial charge on any atom is -0.508 e. The lowest BCUT2D eigenvalue weighted by atomic mass is 9.52. The van der Waals surface area contributed by atoms with E-state index in [1.807, 2.05) is 0 Å². The summed E-state index contributed by atoms with van der Waals surface area (Å²) in [7, 11) is 0. The molecule has 1 heterocycles. The van der Waals surface area contributed by atoms with Crippen LogP contribution in [0.5, 0.6) is 0 Å². The standard InChI is InChI=1S/C40H49N5O11S/c1-21(46)19-43-36(55)40(6,39(4,5)35(54)44-20-31(49)50)38(2,3)34(53)41-14-7-15-42-37(57)45-22-8-11-25(28(16-22)33(51)52)32-26-12-9-23(47)17-29(26)56-30-18-24(48)10-13-27(30)32/h8-13,16-18,21,26,29,46-47H,7,14-15,19-20H2,1-6H3,(H,41,53)(H,43,55)(H,44,54)(H,49,50)(H,51,52)(H2,42,45,57). The van der Waals surface area contributed by atoms with Crippen molar-refractivity contribution >= 4 is 64.0 Å². The number of nitrogens with one attached hydrogen (secondary N) is 5. The van der Waals surface area contributed by atoms with Gasteiger partial charge in [-0.2, -0.15) is 0 Å². The van der Waals surface area contributed by atoms with E-state index in [0.29, 0.717) is 28.8 Å². The Morgan fingerprint density at radius 2 is 1.54 bits per heavy atom. The fourth-order valence-corrected chi connectivity index (χ4v) is 7.22. The summed E-state index contributed by atoms with van der Waals surface area (Å²) in [5.74, 6) is -4.95. The van der Waals surface area contributed by atoms with E-state index in [2.05, 4.69) is 26.6 Å². The second-order valence-electron chi connectivity index (χ2n) is 15.2. The smallest absolute Gasteiger partial charge is 0.336 e. The number of aromatic carboxylic acids is 1. The van der Waals surface area contributed by atoms with Gasteiger partial charge < -0.3 is 51.7 Å². The number of thiocarbonyl (C=S) groups is 1. The number of allylic oxidation sites excluding steroid dienone is 4. The number of rotatable bonds is 16. The summed E-state index contributed by atoms with van der Waals surface area (Å²) in [6.07, 6.45) is 7.82. The maximum atomic E-state index is 13.7. The zero-order valence-corrected chi connectivity index (χ0v) is 33.3. The maximum absolute atomic E-state index is 13.7. The second kappa shape index (κ2) is 17.5. The number of benzene rings is 1. The van der Waals surface area contributed by atoms with Crippen LogP contribution >= 0.6 is 12.2 Å². The fourth-order valence-electron chi connectivity index (χ4n) is 7.00. The number of carbonyl (C=O) groups excluding carboxylic acids is 4. The Kier molecular flexibility index (Phi) is 13.5. The highest BCUT2D eigenvalue weighted by Crippen LogP contribution is 2.52. The number of fused-ring (bicyclic) bond motifs is 2. The van der Waals surface area contributed by atoms with E-state index in [1.54, 1.807) is 24.3 Å². The number of hydrogen-bond acceptors (Lipinski definition) is 10. The lowest BCUT2D eigenvalue weighted by Crippen LogP contribution is -2.65. The van der Waals surface area contributed by atoms with E-state index in [1.165, 1.54) is 71.9 Å². The third-order valence-electron chi connectivity index (χ3n) is 10.8. The third kappa shape index (κ3) is 9.43. The van der Waals surface area contributed by atoms with Crippen molar-refractivity contribution in [2.75, 3.05) is 31.5 Å². The summed E-state index contributed by atoms with van der Waals surface area (Å²) >= 11 is 5.45. The summed E-state index contributed by atoms with van der Waals surface area (Å²) in [6, 6.07) is 4.74. The summed E-state index contributed by atoms with van der Waals surface area (Å²) in [5.41, 5.74) is -2.97. The minimum absolute atomic E-state index is 0.0131. The number of aliphatic carboxylic acids is 1. The van der Waals surface area contributed by atoms with Crippen molar-refractivity contribution in [3.63, 3.8) is 0 Å². The SMILES string of the molecule is CC(O)CNC(=O)C(C)(C(C)(C)C(=O)NCCCNC(=S)Nc1ccc(C2=C3C=CC(=O)C=C3OC3C=C(O)C=CC23)c(C(=O)O)c1)C(C)(C)C(=O)NCC(=O)O. The van der Waals surface area contributed by atoms with Crippen LogP contribution in [0.3, 0.4) is 0 Å². The molecule has 2 aliphatic carbocycles. The molecule has 4 atom stereocenters. The van der Waals surface area contributed by atoms with Crippen molar-refractivity contribution in [2.45, 2.75) is 60.2 Å². The van der Waals surface area contributed by atoms with Crippen molar-refractivity contribution in [1.82, 2.24) is 21.3 Å². The quantitative estimate of drug-likeness (QED) is 0.0861. The molecule has 0 bridgehead atoms. The van der Waals surface area contributed by atoms with Crippen LogP contribution in [0.25, 0.3) is 5.57 Å². The highest BCUT2D eigenvalue weighted by Gasteiger charge is 2.62. The molecule has 57 heavy (non-hydrogen) atoms. The van der Waals surface area contributed by atoms with Crippen LogP contribution in [0.2, 0.25) is 0 Å². The zero-order chi connectivity index (χ0) is 42.5. The van der Waals surface area contributed by atoms with Crippen LogP contribution in [0.1, 0.15) is 63.9 Å². The summed E-state index contributed by atoms with van der Waals surface area (Å²) in [6.45, 7) is 8.43. The average Bonchev–Trinajstić information content (AvgIpc) is 3.13. The van der Waals surface area contributed by atoms with E-state index in [0.717, 1.165) is 0 Å². The van der Waals surface area contributed by atoms with Gasteiger partial charge in [-0.15, -0.1) is 0 Å². The first-order valence-corrected chi connectivity index (χ1v) is 18.6. The molecule has 16 nitrogen and oxygen atoms in total. The number of carboxylic acid groups (broad SMARTS) is 2. The van der Waals surface area contributed by atoms with Gasteiger partial charge in [-0.25, -0.2) is 4.79 Å². The normalized spacial score (nSPS) is 19.0. The monoisotopic (exact) mass is 807 g/mol. The molecule has 9 N–H and O–H groups in total. The van der Waals surface area contributed by atoms with Gasteiger partial charge in [0.2, 0.25) is 17.7 Å². The molecule has 3 aliphatic rings. The van der Waals surface area contributed by atoms with Crippen molar-refractivity contribution in [1.29, 1.82) is 0 Å². The number of carboxylic acids is 2. The lowest BCUT2D eigenvalue weighted by molar-refractivity contribution is -0.166. The van der Waals surface area contributed by atoms with Gasteiger partial charge in [0.05, 0.1) is 27.9 Å². The highest BCUT2D eigenvalue weighted by atomic mass is 32.1. The first-order chi connectivity index (χ1) is 26.6. The van der Waals surface area contributed by atoms with Crippen molar-refractivity contribution in [2.24, 2.45) is 22.2 Å². The molecular weight excluding hydrogens is 759 g/mol. The molecule has 0 aromatic heterocycles. The van der Waals surface area contributed by atoms with Gasteiger partial charge in [-0.3, -0.25) is 24.0 Å². The van der Waals surface area contributed by atoms with Crippen LogP contribution < -0.4 is 26.6 Å². The molecule has 1 aromatic carbocycles. The number of ether oxygens (including phenoxy) is 1. The maximum Gasteiger partial charge on any atom is 0.336 e. The van der Waals surface area contributed by atoms with Gasteiger partial charge in [0.1, 0.15) is 24.2 Å². The predicted octanol–water partition coefficient (Wildman–Crippen LogP) is 2.74. The number of hydrogen-bond donors (Lipinski definition) is 9. The molecular formula is C40H49N5O11S. The van der Waals surface area contributed by atoms with Gasteiger partial charge in [0.15, 0.2) is 10.9 Å². The van der Waals surface area contributed by atoms with Crippen molar-refractivity contribution < 1.29 is 53.9 Å². The van der Waals surface area contributed by atoms with Gasteiger partial charge in [0, 0.05) is 42.9 Å². The number of ketones is 1. The van der Waals surface area contributed by atoms with Crippen LogP contribution in [0, 0.1) is 22.2 Å². The Balaban J connectivity index is 1.42. The molecule has 17 heteroatoms. The molecule has 306 valence electrons. The van der Waals surface area contributed by atoms with Crippen molar-refractivity contribution in [3.05, 3.63) is 82.9 Å². The second-order valence-corrected chi connectivity index (χ2v) is 15.6. The van der Waals surface area contributed by atoms with Crippen LogP contribution in [-0.4, -0.2) is 99.4 Å². The molecule has 0 fully saturated rings. The molecule has 4 unspecified atom stereocenters. The van der Waals surface area contributed by atoms with Crippen LogP contribution in [0.4, 0.5) is 5.69 Å². The first-order valence-electron chi connectivity index (χ1n) is 18.2. The van der Waals surface area contributed by atoms with E-state index in [4.69, 9.17) is 22.1 Å². The zero-order valence-electron chi connectivity index (χ0n) is 32.5. The molecule has 1 aromatic rings. The molecule has 4 rings (SSSR count). The Hall–Kier alpha value is -5.81. The summed E-state index contributed by atoms with van der Waals surface area (Å²) in [4.78, 5) is 76.6. The van der Waals surface area contributed by atoms with Crippen LogP contribution in [-0.2, 0) is 28.7 Å². The Morgan fingerprint density at radius 1 is 0.895 bits per heavy atom. The molecule has 3 amide bonds. The Labute approximate surface area is 335 Å². The molecule has 1 aliphatic heterocycles. The number of amides is 3. The summed E-state index contributed by atoms with van der Waals surface area (Å²) in [5, 5.41) is 53.2. The molecule has 0 radical (unpaired) electrons. The third-order valence-corrected chi connectivity index (χ3v) is 11.0. The van der Waals surface area contributed by atoms with E-state index in [-0.39, 0.29) is 47.6 Å². The topological polar surface area (TPSA) is 253 Å². The van der Waals surface area contributed by atoms with E-state index < -0.39 is 70.6 Å². The molecule has 0 spiro atoms. The Bertz CT molecular complexity index is 2010. The predicted molar refractivity (Wildman–Crippen MR) is 214 cm³/mol. The van der Waals surface area contributed by atoms with Gasteiger partial charge in [0.25, 0.3) is 0 Å². The number of anilines is 1. The van der Waals surface area contributed by atoms with Crippen molar-refractivity contribution in [3.8, 4) is 0 Å².